The number of hydrogen-bond donors (Lipinski definition) is 1. The number of aliphatic hydroxyl groups excluding tert-OH is 1. The number of hydrogen-bond acceptors (Lipinski definition) is 6. The number of benzene rings is 1. The number of anilines is 1. The molecule has 2 unspecified atom stereocenters. The first-order chi connectivity index (χ1) is 20.0. The molecule has 230 valence electrons. The van der Waals surface area contributed by atoms with E-state index in [0.717, 1.165) is 5.56 Å². The van der Waals surface area contributed by atoms with Gasteiger partial charge >= 0.3 is 5.97 Å². The van der Waals surface area contributed by atoms with Crippen LogP contribution in [0.15, 0.2) is 43.5 Å². The van der Waals surface area contributed by atoms with Crippen LogP contribution in [0.5, 0.6) is 0 Å². The van der Waals surface area contributed by atoms with Crippen molar-refractivity contribution in [3.05, 3.63) is 54.1 Å². The topological polar surface area (TPSA) is 96.4 Å². The average molecular weight is 601 g/mol. The third kappa shape index (κ3) is 5.31. The van der Waals surface area contributed by atoms with Gasteiger partial charge in [-0.05, 0) is 63.0 Å². The van der Waals surface area contributed by atoms with Crippen molar-refractivity contribution in [2.24, 2.45) is 17.8 Å². The summed E-state index contributed by atoms with van der Waals surface area (Å²) < 4.78 is 12.6. The highest BCUT2D eigenvalue weighted by atomic mass is 35.5. The number of amides is 2. The fraction of sp³-hybridized carbons (Fsp3) is 0.606. The molecule has 42 heavy (non-hydrogen) atoms. The van der Waals surface area contributed by atoms with Gasteiger partial charge in [-0.2, -0.15) is 0 Å². The minimum absolute atomic E-state index is 0.142. The first-order valence-electron chi connectivity index (χ1n) is 15.1. The number of fused-ring (bicyclic) bond motifs is 1. The van der Waals surface area contributed by atoms with E-state index in [1.54, 1.807) is 23.1 Å². The van der Waals surface area contributed by atoms with Crippen LogP contribution in [0.2, 0.25) is 5.02 Å². The number of para-hydroxylation sites is 1. The summed E-state index contributed by atoms with van der Waals surface area (Å²) in [5.74, 6) is -2.78. The van der Waals surface area contributed by atoms with Crippen molar-refractivity contribution in [1.29, 1.82) is 0 Å². The maximum Gasteiger partial charge on any atom is 0.312 e. The summed E-state index contributed by atoms with van der Waals surface area (Å²) in [6.07, 6.45) is 6.68. The summed E-state index contributed by atoms with van der Waals surface area (Å²) in [6.45, 7) is 15.5. The van der Waals surface area contributed by atoms with E-state index >= 15 is 0 Å². The Hall–Kier alpha value is -2.68. The summed E-state index contributed by atoms with van der Waals surface area (Å²) >= 11 is 6.66. The van der Waals surface area contributed by atoms with Crippen LogP contribution >= 0.6 is 11.6 Å². The molecular weight excluding hydrogens is 556 g/mol. The van der Waals surface area contributed by atoms with Crippen molar-refractivity contribution in [3.63, 3.8) is 0 Å². The van der Waals surface area contributed by atoms with E-state index in [-0.39, 0.29) is 37.5 Å². The number of carbonyl (C=O) groups excluding carboxylic acids is 3. The third-order valence-corrected chi connectivity index (χ3v) is 9.59. The highest BCUT2D eigenvalue weighted by Crippen LogP contribution is 2.65. The lowest BCUT2D eigenvalue weighted by Gasteiger charge is -2.40. The summed E-state index contributed by atoms with van der Waals surface area (Å²) in [5, 5.41) is 11.0. The number of ether oxygens (including phenoxy) is 2. The van der Waals surface area contributed by atoms with Crippen LogP contribution in [-0.4, -0.2) is 70.8 Å². The molecule has 9 heteroatoms. The van der Waals surface area contributed by atoms with Gasteiger partial charge in [-0.1, -0.05) is 56.7 Å². The second kappa shape index (κ2) is 12.9. The molecule has 1 spiro atoms. The molecule has 4 rings (SSSR count). The Morgan fingerprint density at radius 1 is 1.29 bits per heavy atom. The molecule has 8 nitrogen and oxygen atoms in total. The predicted molar refractivity (Wildman–Crippen MR) is 163 cm³/mol. The van der Waals surface area contributed by atoms with Gasteiger partial charge in [0.1, 0.15) is 17.6 Å². The lowest BCUT2D eigenvalue weighted by molar-refractivity contribution is -0.162. The van der Waals surface area contributed by atoms with Gasteiger partial charge < -0.3 is 24.4 Å². The van der Waals surface area contributed by atoms with Crippen LogP contribution in [0, 0.1) is 24.7 Å². The molecule has 2 bridgehead atoms. The maximum absolute atomic E-state index is 14.9. The Labute approximate surface area is 254 Å². The minimum atomic E-state index is -1.24. The Balaban J connectivity index is 1.85. The lowest BCUT2D eigenvalue weighted by Crippen LogP contribution is -2.59. The Morgan fingerprint density at radius 3 is 2.62 bits per heavy atom. The smallest absolute Gasteiger partial charge is 0.312 e. The van der Waals surface area contributed by atoms with E-state index in [9.17, 15) is 19.5 Å². The maximum atomic E-state index is 14.9. The molecule has 3 aliphatic rings. The van der Waals surface area contributed by atoms with Gasteiger partial charge in [0, 0.05) is 6.54 Å². The number of halogens is 1. The van der Waals surface area contributed by atoms with E-state index in [2.05, 4.69) is 13.2 Å². The summed E-state index contributed by atoms with van der Waals surface area (Å²) in [6, 6.07) is 3.73. The number of carbonyl (C=O) groups is 3. The Kier molecular flexibility index (Phi) is 9.90. The summed E-state index contributed by atoms with van der Waals surface area (Å²) in [7, 11) is 0. The minimum Gasteiger partial charge on any atom is -0.465 e. The molecule has 0 aromatic heterocycles. The van der Waals surface area contributed by atoms with Gasteiger partial charge in [-0.25, -0.2) is 0 Å². The van der Waals surface area contributed by atoms with Crippen LogP contribution in [-0.2, 0) is 23.9 Å². The molecule has 0 aliphatic carbocycles. The largest absolute Gasteiger partial charge is 0.465 e. The molecule has 1 aromatic carbocycles. The van der Waals surface area contributed by atoms with Crippen molar-refractivity contribution >= 4 is 35.1 Å². The van der Waals surface area contributed by atoms with Gasteiger partial charge in [-0.3, -0.25) is 14.4 Å². The molecule has 1 N–H and O–H groups in total. The molecule has 3 saturated heterocycles. The number of esters is 1. The van der Waals surface area contributed by atoms with Gasteiger partial charge in [0.15, 0.2) is 0 Å². The van der Waals surface area contributed by atoms with Crippen LogP contribution in [0.4, 0.5) is 5.69 Å². The lowest BCUT2D eigenvalue weighted by atomic mass is 9.65. The molecule has 0 radical (unpaired) electrons. The standard InChI is InChI=1S/C33H45ClN2O6/c1-7-10-11-18-41-31(40)26-25-29(38)36(23(20-37)19-21(4)5)28(33(25)16-15-32(26,9-3)42-33)30(39)35(17-8-2)27-22(6)13-12-14-24(27)34/h7-8,12-14,21,23,25-26,28,37H,1-2,9-11,15-20H2,3-6H3/t23-,25+,26-,28?,32+,33?/m1/s1. The van der Waals surface area contributed by atoms with E-state index in [0.29, 0.717) is 49.2 Å². The summed E-state index contributed by atoms with van der Waals surface area (Å²) in [5.41, 5.74) is -0.812. The predicted octanol–water partition coefficient (Wildman–Crippen LogP) is 5.24. The zero-order chi connectivity index (χ0) is 30.8. The number of nitrogens with zero attached hydrogens (tertiary/aromatic N) is 2. The second-order valence-corrected chi connectivity index (χ2v) is 12.7. The van der Waals surface area contributed by atoms with Crippen molar-refractivity contribution < 1.29 is 29.0 Å². The van der Waals surface area contributed by atoms with Gasteiger partial charge in [0.05, 0.1) is 41.5 Å². The van der Waals surface area contributed by atoms with Crippen LogP contribution < -0.4 is 4.90 Å². The number of likely N-dealkylation sites (tertiary alicyclic amines) is 1. The molecule has 3 fully saturated rings. The number of aliphatic hydroxyl groups is 1. The molecule has 6 atom stereocenters. The van der Waals surface area contributed by atoms with Gasteiger partial charge in [-0.15, -0.1) is 13.2 Å². The van der Waals surface area contributed by atoms with Crippen LogP contribution in [0.1, 0.15) is 64.9 Å². The van der Waals surface area contributed by atoms with Crippen molar-refractivity contribution in [3.8, 4) is 0 Å². The zero-order valence-corrected chi connectivity index (χ0v) is 26.1. The van der Waals surface area contributed by atoms with Gasteiger partial charge in [0.2, 0.25) is 5.91 Å². The number of rotatable bonds is 14. The van der Waals surface area contributed by atoms with Crippen molar-refractivity contribution in [2.75, 3.05) is 24.7 Å². The number of allylic oxidation sites excluding steroid dienone is 1. The fourth-order valence-corrected chi connectivity index (χ4v) is 7.85. The highest BCUT2D eigenvalue weighted by Gasteiger charge is 2.79. The van der Waals surface area contributed by atoms with Crippen molar-refractivity contribution in [1.82, 2.24) is 4.90 Å². The van der Waals surface area contributed by atoms with Gasteiger partial charge in [0.25, 0.3) is 5.91 Å². The van der Waals surface area contributed by atoms with E-state index in [4.69, 9.17) is 21.1 Å². The zero-order valence-electron chi connectivity index (χ0n) is 25.3. The Morgan fingerprint density at radius 2 is 2.02 bits per heavy atom. The SMILES string of the molecule is C=CCCCOC(=O)[C@H]1[C@H]2C(=O)N([C@@H](CO)CC(C)C)C(C(=O)N(CC=C)c3c(C)cccc3Cl)C23CC[C@]1(CC)O3. The monoisotopic (exact) mass is 600 g/mol. The molecular formula is C33H45ClN2O6. The quantitative estimate of drug-likeness (QED) is 0.178. The Bertz CT molecular complexity index is 1200. The summed E-state index contributed by atoms with van der Waals surface area (Å²) in [4.78, 5) is 46.3. The van der Waals surface area contributed by atoms with E-state index in [1.165, 1.54) is 4.90 Å². The average Bonchev–Trinajstić information content (AvgIpc) is 3.56. The highest BCUT2D eigenvalue weighted by molar-refractivity contribution is 6.34. The van der Waals surface area contributed by atoms with Crippen LogP contribution in [0.25, 0.3) is 0 Å². The molecule has 1 aromatic rings. The van der Waals surface area contributed by atoms with Crippen LogP contribution in [0.3, 0.4) is 0 Å². The number of unbranched alkanes of at least 4 members (excludes halogenated alkanes) is 1. The molecule has 0 saturated carbocycles. The molecule has 3 aliphatic heterocycles. The third-order valence-electron chi connectivity index (χ3n) is 9.29. The normalized spacial score (nSPS) is 28.6. The first kappa shape index (κ1) is 32.2. The second-order valence-electron chi connectivity index (χ2n) is 12.3. The first-order valence-corrected chi connectivity index (χ1v) is 15.5. The van der Waals surface area contributed by atoms with Crippen molar-refractivity contribution in [2.45, 2.75) is 89.5 Å². The molecule has 2 amide bonds. The van der Waals surface area contributed by atoms with E-state index < -0.39 is 41.1 Å². The number of aryl methyl sites for hydroxylation is 1. The fourth-order valence-electron chi connectivity index (χ4n) is 7.53. The molecule has 3 heterocycles. The van der Waals surface area contributed by atoms with E-state index in [1.807, 2.05) is 39.8 Å².